The molecule has 0 aromatic rings. The summed E-state index contributed by atoms with van der Waals surface area (Å²) in [7, 11) is 0. The van der Waals surface area contributed by atoms with E-state index < -0.39 is 0 Å². The number of hydrogen-bond acceptors (Lipinski definition) is 1. The van der Waals surface area contributed by atoms with E-state index in [1.165, 1.54) is 44.9 Å². The zero-order valence-corrected chi connectivity index (χ0v) is 8.35. The van der Waals surface area contributed by atoms with Gasteiger partial charge in [0.05, 0.1) is 0 Å². The first-order valence-corrected chi connectivity index (χ1v) is 5.51. The summed E-state index contributed by atoms with van der Waals surface area (Å²) in [5, 5.41) is 0. The number of ether oxygens (including phenoxy) is 1. The lowest BCUT2D eigenvalue weighted by molar-refractivity contribution is 0.0679. The molecule has 1 fully saturated rings. The van der Waals surface area contributed by atoms with E-state index in [2.05, 4.69) is 6.92 Å². The van der Waals surface area contributed by atoms with Gasteiger partial charge in [-0.05, 0) is 25.2 Å². The molecule has 0 aromatic heterocycles. The largest absolute Gasteiger partial charge is 0.381 e. The maximum atomic E-state index is 5.58. The highest BCUT2D eigenvalue weighted by Gasteiger charge is 2.16. The molecule has 0 aliphatic heterocycles. The molecule has 72 valence electrons. The van der Waals surface area contributed by atoms with Crippen molar-refractivity contribution < 1.29 is 4.74 Å². The standard InChI is InChI=1S/C11H22O/c1-2-3-4-5-9-12-10-11-7-6-8-11/h11H,2-10H2,1H3. The average molecular weight is 170 g/mol. The van der Waals surface area contributed by atoms with Crippen molar-refractivity contribution in [1.29, 1.82) is 0 Å². The van der Waals surface area contributed by atoms with Crippen LogP contribution in [0.2, 0.25) is 0 Å². The second-order valence-corrected chi connectivity index (χ2v) is 3.93. The summed E-state index contributed by atoms with van der Waals surface area (Å²) in [6, 6.07) is 0. The molecule has 0 unspecified atom stereocenters. The van der Waals surface area contributed by atoms with E-state index in [4.69, 9.17) is 4.74 Å². The van der Waals surface area contributed by atoms with Gasteiger partial charge in [0, 0.05) is 13.2 Å². The molecule has 1 aliphatic rings. The molecule has 0 heterocycles. The van der Waals surface area contributed by atoms with Crippen molar-refractivity contribution in [3.63, 3.8) is 0 Å². The molecular weight excluding hydrogens is 148 g/mol. The van der Waals surface area contributed by atoms with Gasteiger partial charge in [-0.15, -0.1) is 0 Å². The third-order valence-electron chi connectivity index (χ3n) is 2.72. The average Bonchev–Trinajstić information content (AvgIpc) is 2.00. The van der Waals surface area contributed by atoms with Gasteiger partial charge in [0.1, 0.15) is 0 Å². The van der Waals surface area contributed by atoms with Crippen molar-refractivity contribution in [3.05, 3.63) is 0 Å². The Labute approximate surface area is 76.5 Å². The topological polar surface area (TPSA) is 9.23 Å². The van der Waals surface area contributed by atoms with E-state index >= 15 is 0 Å². The third kappa shape index (κ3) is 4.10. The summed E-state index contributed by atoms with van der Waals surface area (Å²) in [4.78, 5) is 0. The highest BCUT2D eigenvalue weighted by Crippen LogP contribution is 2.26. The predicted octanol–water partition coefficient (Wildman–Crippen LogP) is 3.38. The predicted molar refractivity (Wildman–Crippen MR) is 52.3 cm³/mol. The quantitative estimate of drug-likeness (QED) is 0.532. The fourth-order valence-corrected chi connectivity index (χ4v) is 1.54. The minimum absolute atomic E-state index is 0.913. The van der Waals surface area contributed by atoms with Crippen LogP contribution < -0.4 is 0 Å². The van der Waals surface area contributed by atoms with Crippen molar-refractivity contribution in [2.24, 2.45) is 5.92 Å². The molecule has 0 atom stereocenters. The first-order valence-electron chi connectivity index (χ1n) is 5.51. The van der Waals surface area contributed by atoms with E-state index in [0.717, 1.165) is 19.1 Å². The first kappa shape index (κ1) is 10.0. The second kappa shape index (κ2) is 6.47. The summed E-state index contributed by atoms with van der Waals surface area (Å²) in [6.07, 6.45) is 9.56. The Morgan fingerprint density at radius 1 is 1.17 bits per heavy atom. The van der Waals surface area contributed by atoms with E-state index in [-0.39, 0.29) is 0 Å². The lowest BCUT2D eigenvalue weighted by Crippen LogP contribution is -2.17. The zero-order valence-electron chi connectivity index (χ0n) is 8.35. The maximum Gasteiger partial charge on any atom is 0.0494 e. The molecule has 0 spiro atoms. The van der Waals surface area contributed by atoms with Crippen LogP contribution in [0.15, 0.2) is 0 Å². The molecule has 0 radical (unpaired) electrons. The molecule has 1 saturated carbocycles. The van der Waals surface area contributed by atoms with Gasteiger partial charge in [0.25, 0.3) is 0 Å². The summed E-state index contributed by atoms with van der Waals surface area (Å²) < 4.78 is 5.58. The Morgan fingerprint density at radius 3 is 2.58 bits per heavy atom. The third-order valence-corrected chi connectivity index (χ3v) is 2.72. The normalized spacial score (nSPS) is 17.8. The van der Waals surface area contributed by atoms with Crippen molar-refractivity contribution >= 4 is 0 Å². The van der Waals surface area contributed by atoms with Crippen LogP contribution in [0.1, 0.15) is 51.9 Å². The van der Waals surface area contributed by atoms with E-state index in [9.17, 15) is 0 Å². The summed E-state index contributed by atoms with van der Waals surface area (Å²) in [5.74, 6) is 0.913. The van der Waals surface area contributed by atoms with Crippen LogP contribution in [0.4, 0.5) is 0 Å². The molecule has 1 nitrogen and oxygen atoms in total. The number of unbranched alkanes of at least 4 members (excludes halogenated alkanes) is 3. The Hall–Kier alpha value is -0.0400. The first-order chi connectivity index (χ1) is 5.93. The number of hydrogen-bond donors (Lipinski definition) is 0. The van der Waals surface area contributed by atoms with Crippen molar-refractivity contribution in [2.75, 3.05) is 13.2 Å². The minimum Gasteiger partial charge on any atom is -0.381 e. The molecule has 0 amide bonds. The Morgan fingerprint density at radius 2 is 2.00 bits per heavy atom. The fraction of sp³-hybridized carbons (Fsp3) is 1.00. The molecule has 1 rings (SSSR count). The van der Waals surface area contributed by atoms with Gasteiger partial charge < -0.3 is 4.74 Å². The lowest BCUT2D eigenvalue weighted by atomic mass is 9.86. The molecule has 12 heavy (non-hydrogen) atoms. The number of rotatable bonds is 7. The van der Waals surface area contributed by atoms with Gasteiger partial charge in [-0.2, -0.15) is 0 Å². The molecule has 1 aliphatic carbocycles. The van der Waals surface area contributed by atoms with Crippen LogP contribution in [-0.2, 0) is 4.74 Å². The molecule has 1 heteroatoms. The Balaban J connectivity index is 1.70. The molecule has 0 bridgehead atoms. The Kier molecular flexibility index (Phi) is 5.42. The molecule has 0 N–H and O–H groups in total. The molecule has 0 saturated heterocycles. The lowest BCUT2D eigenvalue weighted by Gasteiger charge is -2.24. The van der Waals surface area contributed by atoms with E-state index in [0.29, 0.717) is 0 Å². The Bertz CT molecular complexity index is 97.2. The monoisotopic (exact) mass is 170 g/mol. The van der Waals surface area contributed by atoms with Gasteiger partial charge in [-0.1, -0.05) is 32.6 Å². The van der Waals surface area contributed by atoms with Gasteiger partial charge in [-0.3, -0.25) is 0 Å². The smallest absolute Gasteiger partial charge is 0.0494 e. The molecular formula is C11H22O. The van der Waals surface area contributed by atoms with Gasteiger partial charge in [0.15, 0.2) is 0 Å². The highest BCUT2D eigenvalue weighted by molar-refractivity contribution is 4.68. The van der Waals surface area contributed by atoms with Crippen LogP contribution in [0, 0.1) is 5.92 Å². The van der Waals surface area contributed by atoms with Crippen LogP contribution in [0.5, 0.6) is 0 Å². The van der Waals surface area contributed by atoms with Crippen molar-refractivity contribution in [1.82, 2.24) is 0 Å². The minimum atomic E-state index is 0.913. The molecule has 0 aromatic carbocycles. The van der Waals surface area contributed by atoms with Crippen LogP contribution >= 0.6 is 0 Å². The summed E-state index contributed by atoms with van der Waals surface area (Å²) >= 11 is 0. The fourth-order valence-electron chi connectivity index (χ4n) is 1.54. The van der Waals surface area contributed by atoms with Crippen molar-refractivity contribution in [2.45, 2.75) is 51.9 Å². The van der Waals surface area contributed by atoms with E-state index in [1.807, 2.05) is 0 Å². The zero-order chi connectivity index (χ0) is 8.65. The summed E-state index contributed by atoms with van der Waals surface area (Å²) in [5.41, 5.74) is 0. The highest BCUT2D eigenvalue weighted by atomic mass is 16.5. The summed E-state index contributed by atoms with van der Waals surface area (Å²) in [6.45, 7) is 4.28. The maximum absolute atomic E-state index is 5.58. The van der Waals surface area contributed by atoms with Gasteiger partial charge >= 0.3 is 0 Å². The van der Waals surface area contributed by atoms with E-state index in [1.54, 1.807) is 0 Å². The van der Waals surface area contributed by atoms with Gasteiger partial charge in [0.2, 0.25) is 0 Å². The van der Waals surface area contributed by atoms with Gasteiger partial charge in [-0.25, -0.2) is 0 Å². The second-order valence-electron chi connectivity index (χ2n) is 3.93. The van der Waals surface area contributed by atoms with Crippen LogP contribution in [0.25, 0.3) is 0 Å². The SMILES string of the molecule is CCCCCCOCC1CCC1. The van der Waals surface area contributed by atoms with Crippen LogP contribution in [-0.4, -0.2) is 13.2 Å². The van der Waals surface area contributed by atoms with Crippen LogP contribution in [0.3, 0.4) is 0 Å². The van der Waals surface area contributed by atoms with Crippen molar-refractivity contribution in [3.8, 4) is 0 Å².